The number of carbonyl (C=O) groups is 1. The molecule has 0 bridgehead atoms. The first-order chi connectivity index (χ1) is 12.2. The van der Waals surface area contributed by atoms with Crippen molar-refractivity contribution in [1.29, 1.82) is 0 Å². The fourth-order valence-electron chi connectivity index (χ4n) is 3.57. The Bertz CT molecular complexity index is 757. The van der Waals surface area contributed by atoms with Crippen molar-refractivity contribution in [3.8, 4) is 0 Å². The van der Waals surface area contributed by atoms with Gasteiger partial charge in [-0.2, -0.15) is 0 Å². The number of hydrogen-bond donors (Lipinski definition) is 1. The van der Waals surface area contributed by atoms with Crippen LogP contribution in [0.2, 0.25) is 0 Å². The molecule has 4 rings (SSSR count). The number of amides is 1. The molecule has 2 fully saturated rings. The second-order valence-corrected chi connectivity index (χ2v) is 8.75. The first kappa shape index (κ1) is 17.2. The number of nitrogens with zero attached hydrogens (tertiary/aromatic N) is 2. The van der Waals surface area contributed by atoms with E-state index in [1.165, 1.54) is 36.2 Å². The van der Waals surface area contributed by atoms with Crippen molar-refractivity contribution in [2.45, 2.75) is 38.1 Å². The largest absolute Gasteiger partial charge is 0.302 e. The van der Waals surface area contributed by atoms with E-state index < -0.39 is 0 Å². The molecule has 132 valence electrons. The molecule has 1 saturated heterocycles. The molecule has 1 saturated carbocycles. The molecule has 0 radical (unpaired) electrons. The number of hydrogen-bond acceptors (Lipinski definition) is 4. The Balaban J connectivity index is 1.31. The smallest absolute Gasteiger partial charge is 0.229 e. The van der Waals surface area contributed by atoms with Gasteiger partial charge in [0.05, 0.1) is 5.69 Å². The molecule has 6 heteroatoms. The van der Waals surface area contributed by atoms with Crippen molar-refractivity contribution < 1.29 is 4.79 Å². The van der Waals surface area contributed by atoms with Gasteiger partial charge < -0.3 is 5.32 Å². The van der Waals surface area contributed by atoms with E-state index in [2.05, 4.69) is 48.6 Å². The standard InChI is InChI=1S/C19H22BrN3OS/c20-14-6-4-5-13(9-14)16-10-17(16)18(24)22-19-21-15(12-25-19)11-23-7-2-1-3-8-23/h4-6,9,12,16-17H,1-3,7-8,10-11H2,(H,21,22,24). The fourth-order valence-corrected chi connectivity index (χ4v) is 4.69. The second kappa shape index (κ2) is 7.56. The van der Waals surface area contributed by atoms with Gasteiger partial charge in [0, 0.05) is 22.3 Å². The van der Waals surface area contributed by atoms with E-state index in [4.69, 9.17) is 0 Å². The first-order valence-electron chi connectivity index (χ1n) is 8.92. The summed E-state index contributed by atoms with van der Waals surface area (Å²) in [5, 5.41) is 5.82. The molecule has 1 aliphatic heterocycles. The van der Waals surface area contributed by atoms with Gasteiger partial charge in [-0.15, -0.1) is 11.3 Å². The SMILES string of the molecule is O=C(Nc1nc(CN2CCCCC2)cs1)C1CC1c1cccc(Br)c1. The molecular formula is C19H22BrN3OS. The van der Waals surface area contributed by atoms with Gasteiger partial charge in [-0.25, -0.2) is 4.98 Å². The van der Waals surface area contributed by atoms with Gasteiger partial charge in [0.1, 0.15) is 0 Å². The normalized spacial score (nSPS) is 23.4. The van der Waals surface area contributed by atoms with Crippen LogP contribution in [-0.2, 0) is 11.3 Å². The Kier molecular flexibility index (Phi) is 5.20. The Labute approximate surface area is 160 Å². The maximum absolute atomic E-state index is 12.5. The van der Waals surface area contributed by atoms with Crippen LogP contribution in [0.4, 0.5) is 5.13 Å². The van der Waals surface area contributed by atoms with Crippen molar-refractivity contribution in [3.63, 3.8) is 0 Å². The lowest BCUT2D eigenvalue weighted by atomic mass is 10.1. The van der Waals surface area contributed by atoms with Crippen LogP contribution in [0.1, 0.15) is 42.9 Å². The van der Waals surface area contributed by atoms with Crippen LogP contribution in [0.25, 0.3) is 0 Å². The Morgan fingerprint density at radius 1 is 1.32 bits per heavy atom. The minimum Gasteiger partial charge on any atom is -0.302 e. The van der Waals surface area contributed by atoms with E-state index in [-0.39, 0.29) is 11.8 Å². The third kappa shape index (κ3) is 4.30. The van der Waals surface area contributed by atoms with Crippen LogP contribution >= 0.6 is 27.3 Å². The summed E-state index contributed by atoms with van der Waals surface area (Å²) < 4.78 is 1.07. The highest BCUT2D eigenvalue weighted by Crippen LogP contribution is 2.48. The van der Waals surface area contributed by atoms with Gasteiger partial charge in [0.2, 0.25) is 5.91 Å². The van der Waals surface area contributed by atoms with Gasteiger partial charge in [-0.05, 0) is 56.0 Å². The van der Waals surface area contributed by atoms with Crippen LogP contribution in [0.15, 0.2) is 34.1 Å². The summed E-state index contributed by atoms with van der Waals surface area (Å²) in [6.07, 6.45) is 4.84. The Hall–Kier alpha value is -1.24. The molecular weight excluding hydrogens is 398 g/mol. The molecule has 4 nitrogen and oxygen atoms in total. The topological polar surface area (TPSA) is 45.2 Å². The third-order valence-corrected chi connectivity index (χ3v) is 6.32. The van der Waals surface area contributed by atoms with Gasteiger partial charge in [0.25, 0.3) is 0 Å². The van der Waals surface area contributed by atoms with Crippen molar-refractivity contribution in [3.05, 3.63) is 45.4 Å². The maximum Gasteiger partial charge on any atom is 0.229 e. The summed E-state index contributed by atoms with van der Waals surface area (Å²) in [4.78, 5) is 19.5. The number of aromatic nitrogens is 1. The number of carbonyl (C=O) groups excluding carboxylic acids is 1. The first-order valence-corrected chi connectivity index (χ1v) is 10.6. The van der Waals surface area contributed by atoms with E-state index in [1.54, 1.807) is 0 Å². The van der Waals surface area contributed by atoms with E-state index in [9.17, 15) is 4.79 Å². The maximum atomic E-state index is 12.5. The fraction of sp³-hybridized carbons (Fsp3) is 0.474. The highest BCUT2D eigenvalue weighted by Gasteiger charge is 2.44. The number of thiazole rings is 1. The summed E-state index contributed by atoms with van der Waals surface area (Å²) in [5.41, 5.74) is 2.31. The number of likely N-dealkylation sites (tertiary alicyclic amines) is 1. The predicted octanol–water partition coefficient (Wildman–Crippen LogP) is 4.63. The number of halogens is 1. The van der Waals surface area contributed by atoms with Crippen LogP contribution in [-0.4, -0.2) is 28.9 Å². The Morgan fingerprint density at radius 3 is 2.96 bits per heavy atom. The van der Waals surface area contributed by atoms with Gasteiger partial charge >= 0.3 is 0 Å². The lowest BCUT2D eigenvalue weighted by Crippen LogP contribution is -2.29. The molecule has 2 unspecified atom stereocenters. The molecule has 1 amide bonds. The van der Waals surface area contributed by atoms with Crippen LogP contribution in [0.5, 0.6) is 0 Å². The summed E-state index contributed by atoms with van der Waals surface area (Å²) in [6.45, 7) is 3.22. The molecule has 1 aromatic carbocycles. The quantitative estimate of drug-likeness (QED) is 0.767. The number of piperidine rings is 1. The average Bonchev–Trinajstić information content (AvgIpc) is 3.31. The molecule has 2 heterocycles. The molecule has 2 aromatic rings. The lowest BCUT2D eigenvalue weighted by Gasteiger charge is -2.25. The minimum atomic E-state index is 0.0729. The second-order valence-electron chi connectivity index (χ2n) is 6.97. The number of benzene rings is 1. The monoisotopic (exact) mass is 419 g/mol. The molecule has 2 atom stereocenters. The number of anilines is 1. The van der Waals surface area contributed by atoms with E-state index in [0.717, 1.165) is 41.4 Å². The number of rotatable bonds is 5. The van der Waals surface area contributed by atoms with Gasteiger partial charge in [0.15, 0.2) is 5.13 Å². The summed E-state index contributed by atoms with van der Waals surface area (Å²) >= 11 is 5.03. The average molecular weight is 420 g/mol. The predicted molar refractivity (Wildman–Crippen MR) is 105 cm³/mol. The van der Waals surface area contributed by atoms with Crippen molar-refractivity contribution in [2.75, 3.05) is 18.4 Å². The molecule has 1 aliphatic carbocycles. The van der Waals surface area contributed by atoms with Gasteiger partial charge in [-0.3, -0.25) is 9.69 Å². The molecule has 2 aliphatic rings. The molecule has 1 aromatic heterocycles. The van der Waals surface area contributed by atoms with E-state index in [1.807, 2.05) is 12.1 Å². The van der Waals surface area contributed by atoms with Crippen molar-refractivity contribution >= 4 is 38.3 Å². The summed E-state index contributed by atoms with van der Waals surface area (Å²) in [6, 6.07) is 8.25. The van der Waals surface area contributed by atoms with Crippen molar-refractivity contribution in [2.24, 2.45) is 5.92 Å². The zero-order valence-electron chi connectivity index (χ0n) is 14.1. The van der Waals surface area contributed by atoms with Crippen LogP contribution < -0.4 is 5.32 Å². The zero-order chi connectivity index (χ0) is 17.2. The summed E-state index contributed by atoms with van der Waals surface area (Å²) in [7, 11) is 0. The summed E-state index contributed by atoms with van der Waals surface area (Å²) in [5.74, 6) is 0.512. The molecule has 0 spiro atoms. The molecule has 25 heavy (non-hydrogen) atoms. The number of nitrogens with one attached hydrogen (secondary N) is 1. The van der Waals surface area contributed by atoms with Crippen molar-refractivity contribution in [1.82, 2.24) is 9.88 Å². The minimum absolute atomic E-state index is 0.0729. The van der Waals surface area contributed by atoms with Crippen LogP contribution in [0, 0.1) is 5.92 Å². The highest BCUT2D eigenvalue weighted by atomic mass is 79.9. The highest BCUT2D eigenvalue weighted by molar-refractivity contribution is 9.10. The van der Waals surface area contributed by atoms with Crippen LogP contribution in [0.3, 0.4) is 0 Å². The molecule has 1 N–H and O–H groups in total. The van der Waals surface area contributed by atoms with Gasteiger partial charge in [-0.1, -0.05) is 34.5 Å². The Morgan fingerprint density at radius 2 is 2.16 bits per heavy atom. The lowest BCUT2D eigenvalue weighted by molar-refractivity contribution is -0.117. The van der Waals surface area contributed by atoms with E-state index >= 15 is 0 Å². The zero-order valence-corrected chi connectivity index (χ0v) is 16.5. The van der Waals surface area contributed by atoms with E-state index in [0.29, 0.717) is 5.92 Å². The third-order valence-electron chi connectivity index (χ3n) is 5.02.